The molecule has 3 fully saturated rings. The van der Waals surface area contributed by atoms with Crippen LogP contribution in [-0.4, -0.2) is 198 Å². The number of pyridine rings is 3. The molecule has 28 heteroatoms. The molecular formula is C75H97BN18NaO8. The van der Waals surface area contributed by atoms with Crippen molar-refractivity contribution in [2.24, 2.45) is 0 Å². The number of aromatic nitrogens is 9. The van der Waals surface area contributed by atoms with Crippen molar-refractivity contribution in [3.63, 3.8) is 0 Å². The van der Waals surface area contributed by atoms with E-state index in [1.54, 1.807) is 4.90 Å². The number of carbonyl (C=O) groups is 4. The molecule has 0 unspecified atom stereocenters. The van der Waals surface area contributed by atoms with Crippen LogP contribution >= 0.6 is 0 Å². The number of benzene rings is 3. The Hall–Kier alpha value is -9.41. The third kappa shape index (κ3) is 23.8. The first kappa shape index (κ1) is 80.9. The molecule has 0 aliphatic carbocycles. The molecule has 9 heterocycles. The summed E-state index contributed by atoms with van der Waals surface area (Å²) in [7, 11) is 12.7. The van der Waals surface area contributed by atoms with E-state index in [2.05, 4.69) is 222 Å². The van der Waals surface area contributed by atoms with Crippen LogP contribution in [0.4, 0.5) is 39.3 Å². The molecule has 3 aromatic carbocycles. The molecule has 3 atom stereocenters. The van der Waals surface area contributed by atoms with Crippen molar-refractivity contribution in [1.82, 2.24) is 60.0 Å². The van der Waals surface area contributed by atoms with Gasteiger partial charge in [0.05, 0.1) is 70.3 Å². The molecule has 26 nitrogen and oxygen atoms in total. The summed E-state index contributed by atoms with van der Waals surface area (Å²) in [5, 5.41) is 6.85. The summed E-state index contributed by atoms with van der Waals surface area (Å²) in [6.45, 7) is 31.7. The average molecular weight is 1410 g/mol. The van der Waals surface area contributed by atoms with Gasteiger partial charge < -0.3 is 62.0 Å². The predicted octanol–water partition coefficient (Wildman–Crippen LogP) is 6.96. The Morgan fingerprint density at radius 3 is 1.21 bits per heavy atom. The summed E-state index contributed by atoms with van der Waals surface area (Å²) in [6, 6.07) is 38.3. The van der Waals surface area contributed by atoms with Gasteiger partial charge >= 0.3 is 47.6 Å². The van der Waals surface area contributed by atoms with Crippen LogP contribution in [0.1, 0.15) is 96.9 Å². The van der Waals surface area contributed by atoms with Gasteiger partial charge in [0.1, 0.15) is 40.5 Å². The van der Waals surface area contributed by atoms with Crippen LogP contribution in [0, 0.1) is 20.8 Å². The normalized spacial score (nSPS) is 15.8. The minimum atomic E-state index is -0.639. The topological polar surface area (TPSA) is 259 Å². The van der Waals surface area contributed by atoms with E-state index >= 15 is 0 Å². The molecule has 3 saturated heterocycles. The monoisotopic (exact) mass is 1410 g/mol. The fourth-order valence-corrected chi connectivity index (χ4v) is 12.3. The number of likely N-dealkylation sites (N-methyl/N-ethyl adjacent to an activating group) is 1. The van der Waals surface area contributed by atoms with Crippen molar-refractivity contribution in [2.75, 3.05) is 116 Å². The van der Waals surface area contributed by atoms with Gasteiger partial charge in [-0.25, -0.2) is 54.1 Å². The van der Waals surface area contributed by atoms with Crippen molar-refractivity contribution in [3.8, 4) is 0 Å². The Labute approximate surface area is 628 Å². The van der Waals surface area contributed by atoms with Crippen molar-refractivity contribution in [2.45, 2.75) is 126 Å². The standard InChI is InChI=1S/C26H34N6O2.C22H28N6.C21H26N6.C4H6O4.C2H3BO2.Na/c1-18-16-31(25(33)34-26(3,4)5)13-14-32(18)23-15-21(28-19(2)29-23)17-30(6)22-11-7-9-20-10-8-12-27-24(20)22;1-16-14-26(3)11-12-28(16)21-13-19(24-17(2)25-21)15-27(4)20-9-5-7-18-8-6-10-23-22(18)20;1-15-13-22-10-11-27(15)20-12-18(24-16(2)25-20)14-26(3)19-8-4-6-17-7-5-9-23-21(17)19;1-3(5)7-8-4(2)6;1-2(4)5-3;/h7-12,15,18H,13-14,16-17H2,1-6H3;5-10,13,16H,11-12,14-15H2,1-4H3;4-9,12,15,22H,10-11,13-14H2,1-3H3;1-2H3;1H3;/q;;;;-1;+1/t18-;16-;15-;;;/m111.../s1. The minimum absolute atomic E-state index is 0. The van der Waals surface area contributed by atoms with Crippen LogP contribution in [0.5, 0.6) is 0 Å². The molecule has 3 radical (unpaired) electrons. The summed E-state index contributed by atoms with van der Waals surface area (Å²) in [5.74, 6) is 3.58. The third-order valence-corrected chi connectivity index (χ3v) is 16.8. The number of aryl methyl sites for hydroxylation is 3. The second-order valence-corrected chi connectivity index (χ2v) is 26.7. The number of hydrogen-bond acceptors (Lipinski definition) is 25. The van der Waals surface area contributed by atoms with Crippen molar-refractivity contribution >= 4 is 99.3 Å². The number of amides is 1. The van der Waals surface area contributed by atoms with Crippen LogP contribution < -0.4 is 64.3 Å². The van der Waals surface area contributed by atoms with Gasteiger partial charge in [-0.05, 0) is 106 Å². The van der Waals surface area contributed by atoms with E-state index in [1.807, 2.05) is 78.3 Å². The van der Waals surface area contributed by atoms with Gasteiger partial charge in [0.2, 0.25) is 5.97 Å². The molecule has 1 amide bonds. The molecule has 3 aliphatic rings. The van der Waals surface area contributed by atoms with E-state index < -0.39 is 23.5 Å². The second-order valence-electron chi connectivity index (χ2n) is 26.7. The van der Waals surface area contributed by atoms with Crippen molar-refractivity contribution in [3.05, 3.63) is 162 Å². The number of para-hydroxylation sites is 3. The Kier molecular flexibility index (Phi) is 30.0. The van der Waals surface area contributed by atoms with Crippen LogP contribution in [0.25, 0.3) is 32.7 Å². The van der Waals surface area contributed by atoms with Gasteiger partial charge in [0, 0.05) is 172 Å². The second kappa shape index (κ2) is 38.2. The molecule has 6 aromatic heterocycles. The van der Waals surface area contributed by atoms with E-state index in [-0.39, 0.29) is 41.7 Å². The molecule has 0 bridgehead atoms. The fourth-order valence-electron chi connectivity index (χ4n) is 12.3. The summed E-state index contributed by atoms with van der Waals surface area (Å²) in [5.41, 5.74) is 8.81. The van der Waals surface area contributed by atoms with Crippen LogP contribution in [-0.2, 0) is 53.2 Å². The number of nitrogens with zero attached hydrogens (tertiary/aromatic N) is 17. The fraction of sp³-hybridized carbons (Fsp3) is 0.427. The Bertz CT molecular complexity index is 4280. The molecule has 0 saturated carbocycles. The zero-order valence-electron chi connectivity index (χ0n) is 62.8. The van der Waals surface area contributed by atoms with Crippen LogP contribution in [0.15, 0.2) is 128 Å². The van der Waals surface area contributed by atoms with Gasteiger partial charge in [0.25, 0.3) is 0 Å². The maximum atomic E-state index is 12.5. The number of nitrogens with one attached hydrogen (secondary N) is 1. The smallest absolute Gasteiger partial charge is 0.793 e. The first-order valence-electron chi connectivity index (χ1n) is 34.2. The number of hydrogen-bond donors (Lipinski definition) is 1. The van der Waals surface area contributed by atoms with Gasteiger partial charge in [-0.2, -0.15) is 0 Å². The van der Waals surface area contributed by atoms with Crippen molar-refractivity contribution < 1.29 is 67.9 Å². The summed E-state index contributed by atoms with van der Waals surface area (Å²) in [6.07, 6.45) is 5.26. The zero-order valence-corrected chi connectivity index (χ0v) is 64.8. The largest absolute Gasteiger partial charge is 1.00 e. The third-order valence-electron chi connectivity index (χ3n) is 16.8. The first-order chi connectivity index (χ1) is 48.6. The number of fused-ring (bicyclic) bond motifs is 3. The van der Waals surface area contributed by atoms with Crippen LogP contribution in [0.3, 0.4) is 0 Å². The van der Waals surface area contributed by atoms with E-state index in [4.69, 9.17) is 29.7 Å². The molecule has 12 rings (SSSR count). The van der Waals surface area contributed by atoms with Gasteiger partial charge in [-0.15, -0.1) is 0 Å². The molecule has 9 aromatic rings. The minimum Gasteiger partial charge on any atom is -0.793 e. The summed E-state index contributed by atoms with van der Waals surface area (Å²) < 4.78 is 9.16. The Balaban J connectivity index is 0.000000199. The summed E-state index contributed by atoms with van der Waals surface area (Å²) >= 11 is 0. The number of anilines is 6. The number of rotatable bonds is 12. The van der Waals surface area contributed by atoms with Gasteiger partial charge in [-0.1, -0.05) is 54.6 Å². The number of ether oxygens (including phenoxy) is 1. The SMILES string of the molecule is CC(=O)OOC(C)=O.Cc1nc(CN(C)c2cccc3cccnc23)cc(N2CCN(C(=O)OC(C)(C)C)C[C@H]2C)n1.Cc1nc(CN(C)c2cccc3cccnc23)cc(N2CCN(C)C[C@H]2C)n1.Cc1nc(CN(C)c2cccc3cccnc23)cc(N2CCNC[C@H]2C)n1.[B-]OC(C)=O.[Na+]. The predicted molar refractivity (Wildman–Crippen MR) is 402 cm³/mol. The first-order valence-corrected chi connectivity index (χ1v) is 34.2. The average Bonchev–Trinajstić information content (AvgIpc) is 0.820. The van der Waals surface area contributed by atoms with E-state index in [0.717, 1.165) is 155 Å². The maximum Gasteiger partial charge on any atom is 1.00 e. The van der Waals surface area contributed by atoms with Crippen molar-refractivity contribution in [1.29, 1.82) is 0 Å². The van der Waals surface area contributed by atoms with E-state index in [9.17, 15) is 19.2 Å². The zero-order chi connectivity index (χ0) is 73.8. The molecule has 539 valence electrons. The number of carbonyl (C=O) groups excluding carboxylic acids is 4. The Morgan fingerprint density at radius 1 is 0.515 bits per heavy atom. The van der Waals surface area contributed by atoms with Crippen LogP contribution in [0.2, 0.25) is 0 Å². The molecular weight excluding hydrogens is 1310 g/mol. The van der Waals surface area contributed by atoms with E-state index in [1.165, 1.54) is 6.92 Å². The summed E-state index contributed by atoms with van der Waals surface area (Å²) in [4.78, 5) is 109. The van der Waals surface area contributed by atoms with Gasteiger partial charge in [-0.3, -0.25) is 19.7 Å². The van der Waals surface area contributed by atoms with Gasteiger partial charge in [0.15, 0.2) is 0 Å². The molecule has 0 spiro atoms. The number of piperazine rings is 3. The molecule has 1 N–H and O–H groups in total. The van der Waals surface area contributed by atoms with E-state index in [0.29, 0.717) is 51.4 Å². The molecule has 3 aliphatic heterocycles. The maximum absolute atomic E-state index is 12.5. The molecule has 103 heavy (non-hydrogen) atoms. The quantitative estimate of drug-likeness (QED) is 0.0736. The Morgan fingerprint density at radius 2 is 0.874 bits per heavy atom.